The summed E-state index contributed by atoms with van der Waals surface area (Å²) in [7, 11) is 1.59. The van der Waals surface area contributed by atoms with Crippen LogP contribution in [-0.2, 0) is 6.54 Å². The van der Waals surface area contributed by atoms with Crippen molar-refractivity contribution in [3.63, 3.8) is 0 Å². The second-order valence-corrected chi connectivity index (χ2v) is 6.75. The SMILES string of the molecule is CNC(=O)c1cccc(C(=O)N(Cc2ccccn2)C2CCCNCC2)c1. The Labute approximate surface area is 160 Å². The third-order valence-corrected chi connectivity index (χ3v) is 4.90. The van der Waals surface area contributed by atoms with Crippen molar-refractivity contribution >= 4 is 11.8 Å². The zero-order valence-corrected chi connectivity index (χ0v) is 15.6. The zero-order valence-electron chi connectivity index (χ0n) is 15.6. The highest BCUT2D eigenvalue weighted by atomic mass is 16.2. The lowest BCUT2D eigenvalue weighted by molar-refractivity contribution is 0.0642. The van der Waals surface area contributed by atoms with Gasteiger partial charge in [-0.2, -0.15) is 0 Å². The van der Waals surface area contributed by atoms with Gasteiger partial charge in [0.2, 0.25) is 0 Å². The molecule has 0 saturated carbocycles. The number of nitrogens with one attached hydrogen (secondary N) is 2. The van der Waals surface area contributed by atoms with E-state index in [0.29, 0.717) is 17.7 Å². The Kier molecular flexibility index (Phi) is 6.54. The van der Waals surface area contributed by atoms with E-state index in [0.717, 1.165) is 38.0 Å². The van der Waals surface area contributed by atoms with Crippen LogP contribution in [0.3, 0.4) is 0 Å². The first-order valence-electron chi connectivity index (χ1n) is 9.43. The Bertz CT molecular complexity index is 771. The predicted octanol–water partition coefficient (Wildman–Crippen LogP) is 2.23. The average Bonchev–Trinajstić information content (AvgIpc) is 3.01. The van der Waals surface area contributed by atoms with Crippen molar-refractivity contribution in [1.29, 1.82) is 0 Å². The Morgan fingerprint density at radius 1 is 1.15 bits per heavy atom. The number of benzene rings is 1. The van der Waals surface area contributed by atoms with Gasteiger partial charge < -0.3 is 15.5 Å². The quantitative estimate of drug-likeness (QED) is 0.851. The lowest BCUT2D eigenvalue weighted by atomic mass is 10.0. The van der Waals surface area contributed by atoms with E-state index in [1.807, 2.05) is 23.1 Å². The highest BCUT2D eigenvalue weighted by Gasteiger charge is 2.26. The summed E-state index contributed by atoms with van der Waals surface area (Å²) in [5.74, 6) is -0.252. The van der Waals surface area contributed by atoms with Crippen molar-refractivity contribution in [3.8, 4) is 0 Å². The Hall–Kier alpha value is -2.73. The van der Waals surface area contributed by atoms with Gasteiger partial charge in [0.15, 0.2) is 0 Å². The Morgan fingerprint density at radius 2 is 2.00 bits per heavy atom. The standard InChI is InChI=1S/C21H26N4O2/c1-22-20(26)16-6-4-7-17(14-16)21(27)25(15-18-8-2-3-12-24-18)19-9-5-11-23-13-10-19/h2-4,6-8,12,14,19,23H,5,9-11,13,15H2,1H3,(H,22,26). The minimum absolute atomic E-state index is 0.0571. The molecule has 0 aliphatic carbocycles. The van der Waals surface area contributed by atoms with E-state index in [2.05, 4.69) is 15.6 Å². The molecule has 6 nitrogen and oxygen atoms in total. The topological polar surface area (TPSA) is 74.3 Å². The van der Waals surface area contributed by atoms with Crippen molar-refractivity contribution in [3.05, 3.63) is 65.5 Å². The number of carbonyl (C=O) groups excluding carboxylic acids is 2. The molecule has 1 fully saturated rings. The first-order valence-corrected chi connectivity index (χ1v) is 9.43. The molecule has 2 amide bonds. The van der Waals surface area contributed by atoms with E-state index in [1.165, 1.54) is 0 Å². The summed E-state index contributed by atoms with van der Waals surface area (Å²) in [6.07, 6.45) is 4.65. The number of rotatable bonds is 5. The number of hydrogen-bond donors (Lipinski definition) is 2. The Morgan fingerprint density at radius 3 is 2.78 bits per heavy atom. The number of amides is 2. The number of aromatic nitrogens is 1. The van der Waals surface area contributed by atoms with Crippen LogP contribution in [0.1, 0.15) is 45.7 Å². The molecule has 6 heteroatoms. The maximum atomic E-state index is 13.4. The molecule has 0 bridgehead atoms. The summed E-state index contributed by atoms with van der Waals surface area (Å²) >= 11 is 0. The van der Waals surface area contributed by atoms with Crippen LogP contribution in [0.5, 0.6) is 0 Å². The van der Waals surface area contributed by atoms with Crippen LogP contribution in [0.25, 0.3) is 0 Å². The summed E-state index contributed by atoms with van der Waals surface area (Å²) in [4.78, 5) is 31.6. The fourth-order valence-corrected chi connectivity index (χ4v) is 3.45. The van der Waals surface area contributed by atoms with Gasteiger partial charge in [-0.25, -0.2) is 0 Å². The van der Waals surface area contributed by atoms with Gasteiger partial charge in [0.1, 0.15) is 0 Å². The van der Waals surface area contributed by atoms with Gasteiger partial charge in [-0.15, -0.1) is 0 Å². The molecule has 1 aromatic carbocycles. The van der Waals surface area contributed by atoms with Crippen LogP contribution in [0.2, 0.25) is 0 Å². The minimum atomic E-state index is -0.195. The lowest BCUT2D eigenvalue weighted by Crippen LogP contribution is -2.40. The lowest BCUT2D eigenvalue weighted by Gasteiger charge is -2.31. The third kappa shape index (κ3) is 4.92. The number of pyridine rings is 1. The smallest absolute Gasteiger partial charge is 0.254 e. The van der Waals surface area contributed by atoms with Gasteiger partial charge in [-0.3, -0.25) is 14.6 Å². The zero-order chi connectivity index (χ0) is 19.1. The molecule has 1 unspecified atom stereocenters. The summed E-state index contributed by atoms with van der Waals surface area (Å²) < 4.78 is 0. The molecular formula is C21H26N4O2. The molecule has 0 spiro atoms. The van der Waals surface area contributed by atoms with Gasteiger partial charge in [-0.05, 0) is 62.7 Å². The predicted molar refractivity (Wildman–Crippen MR) is 104 cm³/mol. The van der Waals surface area contributed by atoms with E-state index >= 15 is 0 Å². The molecule has 1 aliphatic rings. The highest BCUT2D eigenvalue weighted by molar-refractivity contribution is 5.99. The Balaban J connectivity index is 1.89. The summed E-state index contributed by atoms with van der Waals surface area (Å²) in [5, 5.41) is 6.01. The summed E-state index contributed by atoms with van der Waals surface area (Å²) in [5.41, 5.74) is 1.89. The maximum absolute atomic E-state index is 13.4. The number of nitrogens with zero attached hydrogens (tertiary/aromatic N) is 2. The molecule has 2 aromatic rings. The van der Waals surface area contributed by atoms with Crippen LogP contribution >= 0.6 is 0 Å². The minimum Gasteiger partial charge on any atom is -0.355 e. The van der Waals surface area contributed by atoms with Crippen LogP contribution in [0.15, 0.2) is 48.7 Å². The molecule has 27 heavy (non-hydrogen) atoms. The van der Waals surface area contributed by atoms with Crippen LogP contribution < -0.4 is 10.6 Å². The third-order valence-electron chi connectivity index (χ3n) is 4.90. The molecule has 1 saturated heterocycles. The van der Waals surface area contributed by atoms with Gasteiger partial charge in [-0.1, -0.05) is 12.1 Å². The largest absolute Gasteiger partial charge is 0.355 e. The molecule has 2 heterocycles. The second kappa shape index (κ2) is 9.28. The number of hydrogen-bond acceptors (Lipinski definition) is 4. The molecule has 1 aliphatic heterocycles. The maximum Gasteiger partial charge on any atom is 0.254 e. The van der Waals surface area contributed by atoms with E-state index in [9.17, 15) is 9.59 Å². The van der Waals surface area contributed by atoms with Crippen LogP contribution in [-0.4, -0.2) is 47.9 Å². The van der Waals surface area contributed by atoms with E-state index < -0.39 is 0 Å². The van der Waals surface area contributed by atoms with Gasteiger partial charge in [0.05, 0.1) is 12.2 Å². The number of carbonyl (C=O) groups is 2. The van der Waals surface area contributed by atoms with Gasteiger partial charge in [0.25, 0.3) is 11.8 Å². The summed E-state index contributed by atoms with van der Waals surface area (Å²) in [6.45, 7) is 2.35. The van der Waals surface area contributed by atoms with Crippen molar-refractivity contribution in [2.24, 2.45) is 0 Å². The summed E-state index contributed by atoms with van der Waals surface area (Å²) in [6, 6.07) is 12.8. The molecular weight excluding hydrogens is 340 g/mol. The van der Waals surface area contributed by atoms with Crippen LogP contribution in [0, 0.1) is 0 Å². The van der Waals surface area contributed by atoms with Crippen molar-refractivity contribution < 1.29 is 9.59 Å². The molecule has 1 atom stereocenters. The molecule has 1 aromatic heterocycles. The fourth-order valence-electron chi connectivity index (χ4n) is 3.45. The van der Waals surface area contributed by atoms with Crippen molar-refractivity contribution in [2.75, 3.05) is 20.1 Å². The van der Waals surface area contributed by atoms with Crippen molar-refractivity contribution in [2.45, 2.75) is 31.8 Å². The molecule has 2 N–H and O–H groups in total. The monoisotopic (exact) mass is 366 g/mol. The fraction of sp³-hybridized carbons (Fsp3) is 0.381. The molecule has 142 valence electrons. The average molecular weight is 366 g/mol. The normalized spacial score (nSPS) is 17.0. The first-order chi connectivity index (χ1) is 13.2. The highest BCUT2D eigenvalue weighted by Crippen LogP contribution is 2.20. The van der Waals surface area contributed by atoms with Crippen LogP contribution in [0.4, 0.5) is 0 Å². The van der Waals surface area contributed by atoms with Gasteiger partial charge >= 0.3 is 0 Å². The van der Waals surface area contributed by atoms with E-state index in [1.54, 1.807) is 37.5 Å². The first kappa shape index (κ1) is 19.0. The molecule has 3 rings (SSSR count). The van der Waals surface area contributed by atoms with E-state index in [4.69, 9.17) is 0 Å². The van der Waals surface area contributed by atoms with Gasteiger partial charge in [0, 0.05) is 30.4 Å². The van der Waals surface area contributed by atoms with E-state index in [-0.39, 0.29) is 17.9 Å². The molecule has 0 radical (unpaired) electrons. The second-order valence-electron chi connectivity index (χ2n) is 6.75. The van der Waals surface area contributed by atoms with Crippen molar-refractivity contribution in [1.82, 2.24) is 20.5 Å².